The van der Waals surface area contributed by atoms with Gasteiger partial charge >= 0.3 is 0 Å². The fourth-order valence-corrected chi connectivity index (χ4v) is 10.1. The molecule has 0 fully saturated rings. The molecular formula is C56H37N. The van der Waals surface area contributed by atoms with Crippen LogP contribution in [-0.4, -0.2) is 4.98 Å². The fraction of sp³-hybridized carbons (Fsp3) is 0.0536. The molecule has 1 nitrogen and oxygen atoms in total. The van der Waals surface area contributed by atoms with Crippen molar-refractivity contribution in [2.75, 3.05) is 0 Å². The van der Waals surface area contributed by atoms with Crippen LogP contribution in [0.2, 0.25) is 0 Å². The summed E-state index contributed by atoms with van der Waals surface area (Å²) in [6, 6.07) is 67.6. The first-order chi connectivity index (χ1) is 28.0. The van der Waals surface area contributed by atoms with Crippen molar-refractivity contribution < 1.29 is 0 Å². The Hall–Kier alpha value is -7.09. The van der Waals surface area contributed by atoms with Crippen molar-refractivity contribution in [3.63, 3.8) is 0 Å². The van der Waals surface area contributed by atoms with Crippen LogP contribution in [0.5, 0.6) is 0 Å². The maximum atomic E-state index is 5.03. The molecule has 0 saturated carbocycles. The van der Waals surface area contributed by atoms with E-state index in [1.165, 1.54) is 116 Å². The van der Waals surface area contributed by atoms with E-state index in [0.717, 1.165) is 5.69 Å². The number of benzene rings is 9. The molecule has 1 aromatic heterocycles. The van der Waals surface area contributed by atoms with Gasteiger partial charge in [0.05, 0.1) is 5.69 Å². The van der Waals surface area contributed by atoms with Crippen LogP contribution in [0.25, 0.3) is 110 Å². The summed E-state index contributed by atoms with van der Waals surface area (Å²) < 4.78 is 0. The Kier molecular flexibility index (Phi) is 6.75. The zero-order valence-corrected chi connectivity index (χ0v) is 31.8. The lowest BCUT2D eigenvalue weighted by atomic mass is 9.80. The van der Waals surface area contributed by atoms with Gasteiger partial charge in [0.1, 0.15) is 0 Å². The average molecular weight is 724 g/mol. The number of aromatic nitrogens is 1. The van der Waals surface area contributed by atoms with Crippen molar-refractivity contribution in [1.29, 1.82) is 0 Å². The lowest BCUT2D eigenvalue weighted by Crippen LogP contribution is -2.15. The third-order valence-corrected chi connectivity index (χ3v) is 12.9. The zero-order chi connectivity index (χ0) is 37.8. The third kappa shape index (κ3) is 4.66. The van der Waals surface area contributed by atoms with Crippen LogP contribution >= 0.6 is 0 Å². The Labute approximate surface area is 332 Å². The van der Waals surface area contributed by atoms with E-state index in [-0.39, 0.29) is 5.41 Å². The van der Waals surface area contributed by atoms with Crippen molar-refractivity contribution in [2.45, 2.75) is 19.3 Å². The Bertz CT molecular complexity index is 3280. The van der Waals surface area contributed by atoms with Crippen molar-refractivity contribution >= 4 is 32.3 Å². The summed E-state index contributed by atoms with van der Waals surface area (Å²) >= 11 is 0. The molecule has 1 heterocycles. The average Bonchev–Trinajstić information content (AvgIpc) is 3.72. The topological polar surface area (TPSA) is 12.9 Å². The Morgan fingerprint density at radius 1 is 0.333 bits per heavy atom. The third-order valence-electron chi connectivity index (χ3n) is 12.9. The van der Waals surface area contributed by atoms with Crippen LogP contribution in [0.3, 0.4) is 0 Å². The molecule has 0 unspecified atom stereocenters. The van der Waals surface area contributed by atoms with Gasteiger partial charge in [-0.3, -0.25) is 4.98 Å². The number of hydrogen-bond acceptors (Lipinski definition) is 1. The predicted molar refractivity (Wildman–Crippen MR) is 240 cm³/mol. The van der Waals surface area contributed by atoms with Gasteiger partial charge in [0.15, 0.2) is 0 Å². The van der Waals surface area contributed by atoms with E-state index in [1.807, 2.05) is 6.20 Å². The molecule has 1 heteroatoms. The van der Waals surface area contributed by atoms with Crippen molar-refractivity contribution in [3.05, 3.63) is 199 Å². The van der Waals surface area contributed by atoms with Crippen molar-refractivity contribution in [3.8, 4) is 78.0 Å². The van der Waals surface area contributed by atoms with Crippen LogP contribution < -0.4 is 0 Å². The highest BCUT2D eigenvalue weighted by Crippen LogP contribution is 2.55. The maximum Gasteiger partial charge on any atom is 0.0787 e. The number of rotatable bonds is 4. The number of nitrogens with zero attached hydrogens (tertiary/aromatic N) is 1. The first kappa shape index (κ1) is 32.2. The molecule has 266 valence electrons. The molecule has 0 N–H and O–H groups in total. The van der Waals surface area contributed by atoms with Gasteiger partial charge < -0.3 is 0 Å². The molecule has 0 saturated heterocycles. The molecule has 0 spiro atoms. The van der Waals surface area contributed by atoms with E-state index in [1.54, 1.807) is 0 Å². The fourth-order valence-electron chi connectivity index (χ4n) is 10.1. The van der Waals surface area contributed by atoms with Crippen LogP contribution in [0, 0.1) is 0 Å². The van der Waals surface area contributed by atoms with Crippen LogP contribution in [0.4, 0.5) is 0 Å². The predicted octanol–water partition coefficient (Wildman–Crippen LogP) is 15.2. The molecular weight excluding hydrogens is 687 g/mol. The molecule has 0 atom stereocenters. The highest BCUT2D eigenvalue weighted by atomic mass is 14.7. The molecule has 2 aliphatic rings. The summed E-state index contributed by atoms with van der Waals surface area (Å²) in [6.07, 6.45) is 1.94. The van der Waals surface area contributed by atoms with E-state index in [0.29, 0.717) is 0 Å². The van der Waals surface area contributed by atoms with Crippen molar-refractivity contribution in [1.82, 2.24) is 4.98 Å². The lowest BCUT2D eigenvalue weighted by Gasteiger charge is -2.23. The van der Waals surface area contributed by atoms with Gasteiger partial charge in [-0.15, -0.1) is 0 Å². The lowest BCUT2D eigenvalue weighted by molar-refractivity contribution is 0.661. The Morgan fingerprint density at radius 3 is 1.58 bits per heavy atom. The quantitative estimate of drug-likeness (QED) is 0.165. The molecule has 0 amide bonds. The Balaban J connectivity index is 1.13. The smallest absolute Gasteiger partial charge is 0.0787 e. The SMILES string of the molecule is CC1(C)c2cc(-c3ccccc3)ccc2-c2ccc(-c3cc4c5ccc(-c6ccccc6)c6c5c(cc4c4ccc(-c5ccccc5)cc34)-c3ncccc3-6)cc21. The van der Waals surface area contributed by atoms with Crippen LogP contribution in [0.15, 0.2) is 188 Å². The first-order valence-corrected chi connectivity index (χ1v) is 19.9. The highest BCUT2D eigenvalue weighted by molar-refractivity contribution is 6.30. The van der Waals surface area contributed by atoms with Gasteiger partial charge in [0.25, 0.3) is 0 Å². The summed E-state index contributed by atoms with van der Waals surface area (Å²) in [5.41, 5.74) is 20.0. The Morgan fingerprint density at radius 2 is 0.877 bits per heavy atom. The van der Waals surface area contributed by atoms with Gasteiger partial charge in [0, 0.05) is 33.7 Å². The molecule has 2 aliphatic carbocycles. The summed E-state index contributed by atoms with van der Waals surface area (Å²) in [5, 5.41) is 7.61. The molecule has 0 bridgehead atoms. The second-order valence-electron chi connectivity index (χ2n) is 16.3. The van der Waals surface area contributed by atoms with E-state index < -0.39 is 0 Å². The van der Waals surface area contributed by atoms with Gasteiger partial charge in [0.2, 0.25) is 0 Å². The largest absolute Gasteiger partial charge is 0.256 e. The summed E-state index contributed by atoms with van der Waals surface area (Å²) in [5.74, 6) is 0. The highest BCUT2D eigenvalue weighted by Gasteiger charge is 2.36. The van der Waals surface area contributed by atoms with E-state index in [4.69, 9.17) is 4.98 Å². The minimum atomic E-state index is -0.158. The molecule has 0 radical (unpaired) electrons. The molecule has 10 aromatic rings. The molecule has 9 aromatic carbocycles. The van der Waals surface area contributed by atoms with E-state index in [2.05, 4.69) is 196 Å². The van der Waals surface area contributed by atoms with Crippen LogP contribution in [-0.2, 0) is 5.41 Å². The second kappa shape index (κ2) is 12.0. The van der Waals surface area contributed by atoms with Gasteiger partial charge in [-0.25, -0.2) is 0 Å². The molecule has 12 rings (SSSR count). The monoisotopic (exact) mass is 723 g/mol. The van der Waals surface area contributed by atoms with E-state index >= 15 is 0 Å². The second-order valence-corrected chi connectivity index (χ2v) is 16.3. The maximum absolute atomic E-state index is 5.03. The minimum absolute atomic E-state index is 0.158. The number of hydrogen-bond donors (Lipinski definition) is 0. The van der Waals surface area contributed by atoms with Gasteiger partial charge in [-0.1, -0.05) is 159 Å². The molecule has 0 aliphatic heterocycles. The van der Waals surface area contributed by atoms with Gasteiger partial charge in [-0.2, -0.15) is 0 Å². The van der Waals surface area contributed by atoms with E-state index in [9.17, 15) is 0 Å². The minimum Gasteiger partial charge on any atom is -0.256 e. The summed E-state index contributed by atoms with van der Waals surface area (Å²) in [6.45, 7) is 4.79. The number of fused-ring (bicyclic) bond motifs is 10. The zero-order valence-electron chi connectivity index (χ0n) is 31.8. The standard InChI is InChI=1S/C56H37N/c1-56(2)51-30-38(35-15-8-4-9-16-35)21-24-42(51)43-25-22-39(31-52(43)56)46-32-49-44-27-26-40(36-17-10-5-11-18-36)53-45-19-12-28-57-55(45)50(54(44)53)33-48(49)41-23-20-37(29-47(41)46)34-13-6-3-7-14-34/h3-33H,1-2H3. The molecule has 57 heavy (non-hydrogen) atoms. The normalized spacial score (nSPS) is 13.2. The van der Waals surface area contributed by atoms with Crippen LogP contribution in [0.1, 0.15) is 25.0 Å². The van der Waals surface area contributed by atoms with Gasteiger partial charge in [-0.05, 0) is 130 Å². The summed E-state index contributed by atoms with van der Waals surface area (Å²) in [4.78, 5) is 5.03. The first-order valence-electron chi connectivity index (χ1n) is 19.9. The van der Waals surface area contributed by atoms with Crippen molar-refractivity contribution in [2.24, 2.45) is 0 Å². The summed E-state index contributed by atoms with van der Waals surface area (Å²) in [7, 11) is 0. The number of pyridine rings is 1.